The minimum atomic E-state index is -2.96. The lowest BCUT2D eigenvalue weighted by Crippen LogP contribution is -2.70. The van der Waals surface area contributed by atoms with Crippen LogP contribution >= 0.6 is 15.9 Å². The van der Waals surface area contributed by atoms with Gasteiger partial charge in [0.05, 0.1) is 24.6 Å². The van der Waals surface area contributed by atoms with Crippen LogP contribution in [0.5, 0.6) is 17.4 Å². The summed E-state index contributed by atoms with van der Waals surface area (Å²) in [5.74, 6) is -5.19. The van der Waals surface area contributed by atoms with E-state index in [1.54, 1.807) is 0 Å². The van der Waals surface area contributed by atoms with E-state index >= 15 is 18.8 Å². The highest BCUT2D eigenvalue weighted by Crippen LogP contribution is 2.59. The number of fused-ring (bicyclic) bond motifs is 4. The Bertz CT molecular complexity index is 2150. The third-order valence-electron chi connectivity index (χ3n) is 11.9. The average molecular weight is 834 g/mol. The molecule has 0 aliphatic heterocycles. The molecule has 10 nitrogen and oxygen atoms in total. The maximum Gasteiger partial charge on any atom is 0.265 e. The van der Waals surface area contributed by atoms with Crippen LogP contribution in [-0.4, -0.2) is 62.5 Å². The van der Waals surface area contributed by atoms with Crippen LogP contribution in [0.15, 0.2) is 69.7 Å². The van der Waals surface area contributed by atoms with Crippen LogP contribution in [0.2, 0.25) is 18.1 Å². The molecule has 1 heterocycles. The number of methoxy groups -OCH3 is 1. The molecule has 1 saturated carbocycles. The zero-order valence-electron chi connectivity index (χ0n) is 32.3. The fraction of sp³-hybridized carbons (Fsp3) is 0.429. The maximum atomic E-state index is 16.4. The zero-order valence-corrected chi connectivity index (χ0v) is 34.9. The van der Waals surface area contributed by atoms with Gasteiger partial charge >= 0.3 is 0 Å². The number of hydrogen-bond donors (Lipinski definition) is 0. The lowest BCUT2D eigenvalue weighted by atomic mass is 9.54. The standard InChI is InChI=1S/C42H46BrFN2O8Si/c1-41(2,3)55(7,8)54-42-27(33(46(4)5)36-30(39(42)49)40(45-53-36)52-22-24-17-13-10-14-18-24)20-25-19-26-29(34(47)28(25)38(42)48)35(31(43)37(50-6)32(26)44)51-21-23-15-11-9-12-16-23/h9-18,25,27-28,33H,19-22H2,1-8H3/t25-,27-,28?,33-,42-/m0/s1. The molecule has 3 aliphatic rings. The number of ether oxygens (including phenoxy) is 3. The molecular formula is C42H46BrFN2O8Si. The topological polar surface area (TPSA) is 117 Å². The third kappa shape index (κ3) is 6.36. The summed E-state index contributed by atoms with van der Waals surface area (Å²) in [7, 11) is 2.07. The van der Waals surface area contributed by atoms with Crippen molar-refractivity contribution in [2.75, 3.05) is 21.2 Å². The zero-order chi connectivity index (χ0) is 39.6. The normalized spacial score (nSPS) is 23.5. The van der Waals surface area contributed by atoms with E-state index < -0.39 is 65.9 Å². The molecule has 0 spiro atoms. The number of rotatable bonds is 10. The highest BCUT2D eigenvalue weighted by Gasteiger charge is 2.70. The first kappa shape index (κ1) is 39.1. The molecule has 3 aromatic carbocycles. The summed E-state index contributed by atoms with van der Waals surface area (Å²) >= 11 is 3.45. The Kier molecular flexibility index (Phi) is 10.2. The van der Waals surface area contributed by atoms with Crippen molar-refractivity contribution >= 4 is 41.6 Å². The van der Waals surface area contributed by atoms with Crippen molar-refractivity contribution < 1.29 is 41.9 Å². The van der Waals surface area contributed by atoms with Crippen LogP contribution < -0.4 is 14.2 Å². The smallest absolute Gasteiger partial charge is 0.265 e. The molecule has 7 rings (SSSR count). The SMILES string of the molecule is COc1c(F)c2c(c(OCc3ccccc3)c1Br)C(=O)C1C(=O)[C@]3(O[Si](C)(C)C(C)(C)C)C(=O)c4c(OCc5ccccc5)noc4[C@@H](N(C)C)[C@@H]3C[C@@H]1C2. The minimum Gasteiger partial charge on any atom is -0.492 e. The average Bonchev–Trinajstić information content (AvgIpc) is 3.56. The molecule has 55 heavy (non-hydrogen) atoms. The van der Waals surface area contributed by atoms with Crippen LogP contribution in [0.3, 0.4) is 0 Å². The Morgan fingerprint density at radius 1 is 0.945 bits per heavy atom. The van der Waals surface area contributed by atoms with E-state index in [0.717, 1.165) is 11.1 Å². The van der Waals surface area contributed by atoms with Gasteiger partial charge in [0.15, 0.2) is 42.8 Å². The van der Waals surface area contributed by atoms with Crippen LogP contribution in [0.25, 0.3) is 0 Å². The van der Waals surface area contributed by atoms with Crippen LogP contribution in [-0.2, 0) is 28.9 Å². The van der Waals surface area contributed by atoms with Crippen LogP contribution in [0, 0.1) is 23.6 Å². The van der Waals surface area contributed by atoms with Gasteiger partial charge in [-0.2, -0.15) is 0 Å². The van der Waals surface area contributed by atoms with E-state index in [4.69, 9.17) is 23.2 Å². The number of Topliss-reactive ketones (excluding diaryl/α,β-unsaturated/α-hetero) is 3. The molecule has 0 amide bonds. The number of halogens is 2. The van der Waals surface area contributed by atoms with E-state index in [2.05, 4.69) is 21.1 Å². The van der Waals surface area contributed by atoms with Crippen molar-refractivity contribution in [1.82, 2.24) is 10.1 Å². The van der Waals surface area contributed by atoms with Gasteiger partial charge in [0, 0.05) is 11.5 Å². The van der Waals surface area contributed by atoms with Crippen LogP contribution in [0.1, 0.15) is 76.4 Å². The molecule has 0 N–H and O–H groups in total. The molecule has 1 fully saturated rings. The Hall–Kier alpha value is -4.17. The Morgan fingerprint density at radius 2 is 1.55 bits per heavy atom. The molecule has 1 unspecified atom stereocenters. The predicted molar refractivity (Wildman–Crippen MR) is 209 cm³/mol. The number of carbonyl (C=O) groups excluding carboxylic acids is 3. The van der Waals surface area contributed by atoms with Crippen molar-refractivity contribution in [2.24, 2.45) is 17.8 Å². The van der Waals surface area contributed by atoms with E-state index in [0.29, 0.717) is 0 Å². The number of benzene rings is 3. The molecule has 5 atom stereocenters. The van der Waals surface area contributed by atoms with Gasteiger partial charge in [-0.15, -0.1) is 0 Å². The molecule has 4 aromatic rings. The Balaban J connectivity index is 1.39. The van der Waals surface area contributed by atoms with Gasteiger partial charge in [-0.1, -0.05) is 81.4 Å². The summed E-state index contributed by atoms with van der Waals surface area (Å²) in [6.07, 6.45) is 0.216. The first-order chi connectivity index (χ1) is 26.0. The molecular weight excluding hydrogens is 787 g/mol. The largest absolute Gasteiger partial charge is 0.492 e. The van der Waals surface area contributed by atoms with E-state index in [-0.39, 0.29) is 70.4 Å². The van der Waals surface area contributed by atoms with Crippen LogP contribution in [0.4, 0.5) is 4.39 Å². The second kappa shape index (κ2) is 14.4. The highest BCUT2D eigenvalue weighted by molar-refractivity contribution is 9.10. The quantitative estimate of drug-likeness (QED) is 0.114. The summed E-state index contributed by atoms with van der Waals surface area (Å²) in [4.78, 5) is 48.1. The Labute approximate surface area is 329 Å². The number of ketones is 3. The van der Waals surface area contributed by atoms with Crippen molar-refractivity contribution in [3.63, 3.8) is 0 Å². The van der Waals surface area contributed by atoms with Gasteiger partial charge in [0.25, 0.3) is 5.88 Å². The summed E-state index contributed by atoms with van der Waals surface area (Å²) in [6.45, 7) is 10.2. The van der Waals surface area contributed by atoms with Gasteiger partial charge in [0.2, 0.25) is 5.78 Å². The molecule has 0 radical (unpaired) electrons. The molecule has 0 bridgehead atoms. The lowest BCUT2D eigenvalue weighted by Gasteiger charge is -2.56. The van der Waals surface area contributed by atoms with Crippen molar-refractivity contribution in [3.8, 4) is 17.4 Å². The summed E-state index contributed by atoms with van der Waals surface area (Å²) in [5.41, 5.74) is -0.320. The van der Waals surface area contributed by atoms with E-state index in [1.165, 1.54) is 7.11 Å². The highest BCUT2D eigenvalue weighted by atomic mass is 79.9. The molecule has 3 aliphatic carbocycles. The van der Waals surface area contributed by atoms with Gasteiger partial charge < -0.3 is 23.2 Å². The van der Waals surface area contributed by atoms with Gasteiger partial charge in [-0.3, -0.25) is 19.3 Å². The summed E-state index contributed by atoms with van der Waals surface area (Å²) < 4.78 is 47.6. The number of aromatic nitrogens is 1. The second-order valence-corrected chi connectivity index (χ2v) is 22.0. The second-order valence-electron chi connectivity index (χ2n) is 16.5. The van der Waals surface area contributed by atoms with E-state index in [1.807, 2.05) is 114 Å². The predicted octanol–water partition coefficient (Wildman–Crippen LogP) is 8.56. The molecule has 290 valence electrons. The van der Waals surface area contributed by atoms with Crippen molar-refractivity contribution in [2.45, 2.75) is 76.6 Å². The first-order valence-electron chi connectivity index (χ1n) is 18.4. The van der Waals surface area contributed by atoms with E-state index in [9.17, 15) is 0 Å². The number of hydrogen-bond acceptors (Lipinski definition) is 10. The number of nitrogens with zero attached hydrogens (tertiary/aromatic N) is 2. The van der Waals surface area contributed by atoms with Crippen molar-refractivity contribution in [3.05, 3.63) is 105 Å². The molecule has 0 saturated heterocycles. The maximum absolute atomic E-state index is 16.4. The van der Waals surface area contributed by atoms with Crippen molar-refractivity contribution in [1.29, 1.82) is 0 Å². The van der Waals surface area contributed by atoms with Gasteiger partial charge in [-0.25, -0.2) is 4.39 Å². The first-order valence-corrected chi connectivity index (χ1v) is 22.1. The summed E-state index contributed by atoms with van der Waals surface area (Å²) in [6, 6.07) is 18.1. The molecule has 1 aromatic heterocycles. The fourth-order valence-corrected chi connectivity index (χ4v) is 10.3. The van der Waals surface area contributed by atoms with Gasteiger partial charge in [-0.05, 0) is 83.2 Å². The third-order valence-corrected chi connectivity index (χ3v) is 17.1. The minimum absolute atomic E-state index is 0.0321. The molecule has 13 heteroatoms. The number of carbonyl (C=O) groups is 3. The lowest BCUT2D eigenvalue weighted by molar-refractivity contribution is -0.151. The fourth-order valence-electron chi connectivity index (χ4n) is 8.24. The van der Waals surface area contributed by atoms with Gasteiger partial charge in [0.1, 0.15) is 29.0 Å². The Morgan fingerprint density at radius 3 is 2.11 bits per heavy atom. The summed E-state index contributed by atoms with van der Waals surface area (Å²) in [5, 5.41) is 3.81. The monoisotopic (exact) mass is 832 g/mol.